The summed E-state index contributed by atoms with van der Waals surface area (Å²) in [5, 5.41) is 4.45. The summed E-state index contributed by atoms with van der Waals surface area (Å²) in [7, 11) is 0. The smallest absolute Gasteiger partial charge is 0.230 e. The summed E-state index contributed by atoms with van der Waals surface area (Å²) in [6.45, 7) is 0. The van der Waals surface area contributed by atoms with Crippen LogP contribution in [-0.2, 0) is 4.79 Å². The van der Waals surface area contributed by atoms with E-state index in [1.165, 1.54) is 23.8 Å². The lowest BCUT2D eigenvalue weighted by Crippen LogP contribution is -2.33. The molecule has 0 aliphatic heterocycles. The van der Waals surface area contributed by atoms with Crippen molar-refractivity contribution in [1.29, 1.82) is 0 Å². The largest absolute Gasteiger partial charge is 0.326 e. The highest BCUT2D eigenvalue weighted by Crippen LogP contribution is 2.58. The second-order valence-corrected chi connectivity index (χ2v) is 8.44. The number of pyridine rings is 1. The quantitative estimate of drug-likeness (QED) is 0.619. The van der Waals surface area contributed by atoms with E-state index >= 15 is 0 Å². The highest BCUT2D eigenvalue weighted by Gasteiger charge is 2.55. The number of anilines is 1. The number of rotatable bonds is 4. The van der Waals surface area contributed by atoms with Crippen molar-refractivity contribution in [2.75, 3.05) is 5.32 Å². The van der Waals surface area contributed by atoms with E-state index in [0.717, 1.165) is 36.9 Å². The van der Waals surface area contributed by atoms with Crippen molar-refractivity contribution in [3.63, 3.8) is 0 Å². The fraction of sp³-hybridized carbons (Fsp3) is 0.360. The SMILES string of the molecule is O=C(Nc1ccccc1)C1([C@H]2CC[C@H](c3ccnc4ccccc43)CC2)CC1. The Hall–Kier alpha value is -2.68. The van der Waals surface area contributed by atoms with E-state index in [0.29, 0.717) is 11.8 Å². The van der Waals surface area contributed by atoms with Crippen molar-refractivity contribution < 1.29 is 4.79 Å². The van der Waals surface area contributed by atoms with Crippen LogP contribution in [0.4, 0.5) is 5.69 Å². The van der Waals surface area contributed by atoms with E-state index in [4.69, 9.17) is 0 Å². The summed E-state index contributed by atoms with van der Waals surface area (Å²) in [5.41, 5.74) is 3.31. The van der Waals surface area contributed by atoms with Gasteiger partial charge in [-0.2, -0.15) is 0 Å². The molecule has 2 aliphatic carbocycles. The molecule has 3 aromatic rings. The van der Waals surface area contributed by atoms with Gasteiger partial charge in [0.1, 0.15) is 0 Å². The minimum Gasteiger partial charge on any atom is -0.326 e. The van der Waals surface area contributed by atoms with Gasteiger partial charge in [-0.1, -0.05) is 36.4 Å². The van der Waals surface area contributed by atoms with Gasteiger partial charge in [-0.25, -0.2) is 0 Å². The number of carbonyl (C=O) groups is 1. The standard InChI is InChI=1S/C25H26N2O/c28-24(27-20-6-2-1-3-7-20)25(15-16-25)19-12-10-18(11-13-19)21-14-17-26-23-9-5-4-8-22(21)23/h1-9,14,17-19H,10-13,15-16H2,(H,27,28)/t18-,19-. The summed E-state index contributed by atoms with van der Waals surface area (Å²) in [4.78, 5) is 17.5. The van der Waals surface area contributed by atoms with Crippen LogP contribution in [0.15, 0.2) is 66.9 Å². The zero-order valence-electron chi connectivity index (χ0n) is 16.1. The van der Waals surface area contributed by atoms with Crippen LogP contribution in [0.2, 0.25) is 0 Å². The lowest BCUT2D eigenvalue weighted by atomic mass is 9.71. The van der Waals surface area contributed by atoms with Gasteiger partial charge in [0.2, 0.25) is 5.91 Å². The maximum absolute atomic E-state index is 13.0. The van der Waals surface area contributed by atoms with Crippen LogP contribution in [0.1, 0.15) is 50.0 Å². The van der Waals surface area contributed by atoms with Crippen molar-refractivity contribution in [2.45, 2.75) is 44.4 Å². The Bertz CT molecular complexity index is 980. The zero-order chi connectivity index (χ0) is 19.0. The molecule has 1 N–H and O–H groups in total. The molecule has 2 aliphatic rings. The number of hydrogen-bond acceptors (Lipinski definition) is 2. The number of nitrogens with zero attached hydrogens (tertiary/aromatic N) is 1. The summed E-state index contributed by atoms with van der Waals surface area (Å²) in [6, 6.07) is 20.5. The van der Waals surface area contributed by atoms with E-state index in [1.54, 1.807) is 0 Å². The third-order valence-electron chi connectivity index (χ3n) is 6.90. The summed E-state index contributed by atoms with van der Waals surface area (Å²) < 4.78 is 0. The van der Waals surface area contributed by atoms with Gasteiger partial charge in [-0.05, 0) is 80.2 Å². The minimum absolute atomic E-state index is 0.124. The number of fused-ring (bicyclic) bond motifs is 1. The molecule has 0 atom stereocenters. The molecule has 0 radical (unpaired) electrons. The normalized spacial score (nSPS) is 23.3. The average molecular weight is 370 g/mol. The van der Waals surface area contributed by atoms with E-state index in [-0.39, 0.29) is 11.3 Å². The van der Waals surface area contributed by atoms with Crippen LogP contribution in [0, 0.1) is 11.3 Å². The lowest BCUT2D eigenvalue weighted by Gasteiger charge is -2.34. The molecule has 0 unspecified atom stereocenters. The number of carbonyl (C=O) groups excluding carboxylic acids is 1. The van der Waals surface area contributed by atoms with Crippen LogP contribution in [0.5, 0.6) is 0 Å². The maximum atomic E-state index is 13.0. The van der Waals surface area contributed by atoms with Gasteiger partial charge >= 0.3 is 0 Å². The average Bonchev–Trinajstić information content (AvgIpc) is 3.56. The molecule has 28 heavy (non-hydrogen) atoms. The van der Waals surface area contributed by atoms with Crippen molar-refractivity contribution in [3.8, 4) is 0 Å². The van der Waals surface area contributed by atoms with Gasteiger partial charge < -0.3 is 5.32 Å². The van der Waals surface area contributed by atoms with Crippen LogP contribution in [0.3, 0.4) is 0 Å². The third-order valence-corrected chi connectivity index (χ3v) is 6.90. The molecule has 142 valence electrons. The molecular formula is C25H26N2O. The van der Waals surface area contributed by atoms with Crippen molar-refractivity contribution in [3.05, 3.63) is 72.4 Å². The fourth-order valence-corrected chi connectivity index (χ4v) is 5.16. The number of hydrogen-bond donors (Lipinski definition) is 1. The highest BCUT2D eigenvalue weighted by atomic mass is 16.2. The lowest BCUT2D eigenvalue weighted by molar-refractivity contribution is -0.123. The molecule has 3 heteroatoms. The Morgan fingerprint density at radius 2 is 1.61 bits per heavy atom. The van der Waals surface area contributed by atoms with Gasteiger partial charge in [0.25, 0.3) is 0 Å². The number of nitrogens with one attached hydrogen (secondary N) is 1. The van der Waals surface area contributed by atoms with E-state index < -0.39 is 0 Å². The second-order valence-electron chi connectivity index (χ2n) is 8.44. The molecule has 2 saturated carbocycles. The Balaban J connectivity index is 1.29. The molecule has 2 aromatic carbocycles. The predicted octanol–water partition coefficient (Wildman–Crippen LogP) is 5.93. The van der Waals surface area contributed by atoms with Gasteiger partial charge in [-0.15, -0.1) is 0 Å². The maximum Gasteiger partial charge on any atom is 0.230 e. The first-order valence-corrected chi connectivity index (χ1v) is 10.5. The summed E-state index contributed by atoms with van der Waals surface area (Å²) in [6.07, 6.45) is 8.64. The second kappa shape index (κ2) is 7.05. The van der Waals surface area contributed by atoms with E-state index in [1.807, 2.05) is 36.5 Å². The first kappa shape index (κ1) is 17.4. The van der Waals surface area contributed by atoms with Crippen LogP contribution >= 0.6 is 0 Å². The number of amides is 1. The molecule has 2 fully saturated rings. The number of aromatic nitrogens is 1. The Morgan fingerprint density at radius 1 is 0.893 bits per heavy atom. The Kier molecular flexibility index (Phi) is 4.38. The first-order chi connectivity index (χ1) is 13.8. The van der Waals surface area contributed by atoms with Gasteiger partial charge in [0.05, 0.1) is 10.9 Å². The summed E-state index contributed by atoms with van der Waals surface area (Å²) in [5.74, 6) is 1.33. The molecule has 3 nitrogen and oxygen atoms in total. The topological polar surface area (TPSA) is 42.0 Å². The molecule has 1 amide bonds. The number of para-hydroxylation sites is 2. The molecule has 0 bridgehead atoms. The van der Waals surface area contributed by atoms with Crippen LogP contribution in [-0.4, -0.2) is 10.9 Å². The minimum atomic E-state index is -0.124. The molecular weight excluding hydrogens is 344 g/mol. The third kappa shape index (κ3) is 3.09. The van der Waals surface area contributed by atoms with Crippen LogP contribution in [0.25, 0.3) is 10.9 Å². The predicted molar refractivity (Wildman–Crippen MR) is 113 cm³/mol. The molecule has 5 rings (SSSR count). The Labute approximate surface area is 166 Å². The number of benzene rings is 2. The van der Waals surface area contributed by atoms with Crippen molar-refractivity contribution >= 4 is 22.5 Å². The monoisotopic (exact) mass is 370 g/mol. The molecule has 1 aromatic heterocycles. The zero-order valence-corrected chi connectivity index (χ0v) is 16.1. The van der Waals surface area contributed by atoms with Gasteiger partial charge in [0.15, 0.2) is 0 Å². The fourth-order valence-electron chi connectivity index (χ4n) is 5.16. The van der Waals surface area contributed by atoms with Gasteiger partial charge in [-0.3, -0.25) is 9.78 Å². The van der Waals surface area contributed by atoms with Gasteiger partial charge in [0, 0.05) is 17.3 Å². The molecule has 0 spiro atoms. The van der Waals surface area contributed by atoms with Crippen LogP contribution < -0.4 is 5.32 Å². The van der Waals surface area contributed by atoms with E-state index in [9.17, 15) is 4.79 Å². The Morgan fingerprint density at radius 3 is 2.36 bits per heavy atom. The van der Waals surface area contributed by atoms with Crippen molar-refractivity contribution in [1.82, 2.24) is 4.98 Å². The molecule has 0 saturated heterocycles. The van der Waals surface area contributed by atoms with E-state index in [2.05, 4.69) is 40.6 Å². The van der Waals surface area contributed by atoms with Crippen molar-refractivity contribution in [2.24, 2.45) is 11.3 Å². The first-order valence-electron chi connectivity index (χ1n) is 10.5. The highest BCUT2D eigenvalue weighted by molar-refractivity contribution is 5.97. The molecule has 1 heterocycles. The summed E-state index contributed by atoms with van der Waals surface area (Å²) >= 11 is 0.